The van der Waals surface area contributed by atoms with Crippen LogP contribution in [0.4, 0.5) is 4.79 Å². The van der Waals surface area contributed by atoms with E-state index in [9.17, 15) is 4.79 Å². The number of amides is 1. The van der Waals surface area contributed by atoms with Crippen LogP contribution in [0.5, 0.6) is 0 Å². The Hall–Kier alpha value is -1.56. The minimum absolute atomic E-state index is 0.120. The molecule has 1 aromatic rings. The Morgan fingerprint density at radius 1 is 1.53 bits per heavy atom. The second-order valence-electron chi connectivity index (χ2n) is 5.88. The molecule has 1 aliphatic heterocycles. The third kappa shape index (κ3) is 3.70. The molecule has 1 fully saturated rings. The molecule has 1 aliphatic rings. The van der Waals surface area contributed by atoms with Gasteiger partial charge in [0.25, 0.3) is 0 Å². The quantitative estimate of drug-likeness (QED) is 0.832. The Morgan fingerprint density at radius 3 is 2.84 bits per heavy atom. The van der Waals surface area contributed by atoms with Crippen molar-refractivity contribution in [1.82, 2.24) is 20.0 Å². The average molecular weight is 266 g/mol. The molecule has 1 atom stereocenters. The van der Waals surface area contributed by atoms with Crippen molar-refractivity contribution in [3.63, 3.8) is 0 Å². The second-order valence-corrected chi connectivity index (χ2v) is 5.88. The molecule has 2 heterocycles. The predicted octanol–water partition coefficient (Wildman–Crippen LogP) is 1.30. The Labute approximate surface area is 113 Å². The standard InChI is InChI=1S/C13H22N4O2/c1-13(2,3)19-12(18)17-6-5-14-11(9-17)10-7-15-16(4)8-10/h7-8,11,14H,5-6,9H2,1-4H3/t11-/m1/s1. The van der Waals surface area contributed by atoms with E-state index in [1.165, 1.54) is 0 Å². The maximum absolute atomic E-state index is 12.1. The van der Waals surface area contributed by atoms with Gasteiger partial charge in [-0.05, 0) is 20.8 Å². The van der Waals surface area contributed by atoms with Crippen molar-refractivity contribution >= 4 is 6.09 Å². The molecule has 6 heteroatoms. The average Bonchev–Trinajstić information content (AvgIpc) is 2.74. The van der Waals surface area contributed by atoms with Crippen LogP contribution >= 0.6 is 0 Å². The first kappa shape index (κ1) is 13.9. The van der Waals surface area contributed by atoms with E-state index >= 15 is 0 Å². The monoisotopic (exact) mass is 266 g/mol. The molecule has 0 saturated carbocycles. The summed E-state index contributed by atoms with van der Waals surface area (Å²) in [5.74, 6) is 0. The number of aromatic nitrogens is 2. The van der Waals surface area contributed by atoms with Crippen molar-refractivity contribution in [2.45, 2.75) is 32.4 Å². The minimum atomic E-state index is -0.453. The molecule has 0 aromatic carbocycles. The number of piperazine rings is 1. The van der Waals surface area contributed by atoms with Gasteiger partial charge in [0.15, 0.2) is 0 Å². The molecule has 2 rings (SSSR count). The summed E-state index contributed by atoms with van der Waals surface area (Å²) in [6.07, 6.45) is 3.55. The molecular weight excluding hydrogens is 244 g/mol. The van der Waals surface area contributed by atoms with Crippen LogP contribution in [0, 0.1) is 0 Å². The molecule has 1 N–H and O–H groups in total. The number of aryl methyl sites for hydroxylation is 1. The first-order valence-corrected chi connectivity index (χ1v) is 6.55. The molecule has 19 heavy (non-hydrogen) atoms. The molecule has 1 amide bonds. The van der Waals surface area contributed by atoms with E-state index in [0.29, 0.717) is 13.1 Å². The fraction of sp³-hybridized carbons (Fsp3) is 0.692. The summed E-state index contributed by atoms with van der Waals surface area (Å²) in [5, 5.41) is 7.56. The van der Waals surface area contributed by atoms with Gasteiger partial charge in [0.05, 0.1) is 12.2 Å². The van der Waals surface area contributed by atoms with E-state index in [0.717, 1.165) is 12.1 Å². The zero-order valence-corrected chi connectivity index (χ0v) is 12.0. The molecule has 0 radical (unpaired) electrons. The van der Waals surface area contributed by atoms with Crippen molar-refractivity contribution in [2.75, 3.05) is 19.6 Å². The molecule has 0 spiro atoms. The summed E-state index contributed by atoms with van der Waals surface area (Å²) >= 11 is 0. The van der Waals surface area contributed by atoms with Crippen LogP contribution in [0.1, 0.15) is 32.4 Å². The maximum atomic E-state index is 12.1. The molecule has 6 nitrogen and oxygen atoms in total. The number of carbonyl (C=O) groups excluding carboxylic acids is 1. The van der Waals surface area contributed by atoms with Gasteiger partial charge < -0.3 is 15.0 Å². The van der Waals surface area contributed by atoms with Gasteiger partial charge in [-0.25, -0.2) is 4.79 Å². The lowest BCUT2D eigenvalue weighted by Gasteiger charge is -2.34. The van der Waals surface area contributed by atoms with E-state index in [1.54, 1.807) is 9.58 Å². The summed E-state index contributed by atoms with van der Waals surface area (Å²) in [5.41, 5.74) is 0.641. The van der Waals surface area contributed by atoms with Gasteiger partial charge in [0.1, 0.15) is 5.60 Å². The van der Waals surface area contributed by atoms with Gasteiger partial charge in [-0.15, -0.1) is 0 Å². The zero-order chi connectivity index (χ0) is 14.0. The van der Waals surface area contributed by atoms with Crippen LogP contribution in [0.25, 0.3) is 0 Å². The second kappa shape index (κ2) is 5.21. The minimum Gasteiger partial charge on any atom is -0.444 e. The first-order chi connectivity index (χ1) is 8.85. The summed E-state index contributed by atoms with van der Waals surface area (Å²) in [7, 11) is 1.89. The van der Waals surface area contributed by atoms with Crippen LogP contribution in [0.15, 0.2) is 12.4 Å². The number of nitrogens with one attached hydrogen (secondary N) is 1. The van der Waals surface area contributed by atoms with E-state index in [2.05, 4.69) is 10.4 Å². The topological polar surface area (TPSA) is 59.4 Å². The van der Waals surface area contributed by atoms with Gasteiger partial charge in [0.2, 0.25) is 0 Å². The number of nitrogens with zero attached hydrogens (tertiary/aromatic N) is 3. The zero-order valence-electron chi connectivity index (χ0n) is 12.0. The highest BCUT2D eigenvalue weighted by molar-refractivity contribution is 5.68. The first-order valence-electron chi connectivity index (χ1n) is 6.55. The van der Waals surface area contributed by atoms with Crippen LogP contribution in [0.3, 0.4) is 0 Å². The Morgan fingerprint density at radius 2 is 2.26 bits per heavy atom. The lowest BCUT2D eigenvalue weighted by Crippen LogP contribution is -2.49. The number of hydrogen-bond donors (Lipinski definition) is 1. The largest absolute Gasteiger partial charge is 0.444 e. The number of hydrogen-bond acceptors (Lipinski definition) is 4. The number of rotatable bonds is 1. The SMILES string of the molecule is Cn1cc([C@H]2CN(C(=O)OC(C)(C)C)CCN2)cn1. The number of carbonyl (C=O) groups is 1. The van der Waals surface area contributed by atoms with E-state index in [-0.39, 0.29) is 12.1 Å². The number of ether oxygens (including phenoxy) is 1. The molecule has 0 unspecified atom stereocenters. The fourth-order valence-electron chi connectivity index (χ4n) is 2.09. The summed E-state index contributed by atoms with van der Waals surface area (Å²) in [6.45, 7) is 7.69. The van der Waals surface area contributed by atoms with Gasteiger partial charge in [-0.1, -0.05) is 0 Å². The summed E-state index contributed by atoms with van der Waals surface area (Å²) < 4.78 is 7.17. The maximum Gasteiger partial charge on any atom is 0.410 e. The van der Waals surface area contributed by atoms with Gasteiger partial charge >= 0.3 is 6.09 Å². The smallest absolute Gasteiger partial charge is 0.410 e. The lowest BCUT2D eigenvalue weighted by atomic mass is 10.1. The molecular formula is C13H22N4O2. The predicted molar refractivity (Wildman–Crippen MR) is 71.8 cm³/mol. The Bertz CT molecular complexity index is 450. The third-order valence-corrected chi connectivity index (χ3v) is 2.95. The summed E-state index contributed by atoms with van der Waals surface area (Å²) in [6, 6.07) is 0.120. The third-order valence-electron chi connectivity index (χ3n) is 2.95. The highest BCUT2D eigenvalue weighted by Crippen LogP contribution is 2.18. The van der Waals surface area contributed by atoms with Crippen LogP contribution in [-0.2, 0) is 11.8 Å². The molecule has 1 saturated heterocycles. The van der Waals surface area contributed by atoms with Gasteiger partial charge in [-0.2, -0.15) is 5.10 Å². The lowest BCUT2D eigenvalue weighted by molar-refractivity contribution is 0.0195. The Balaban J connectivity index is 1.99. The van der Waals surface area contributed by atoms with E-state index in [4.69, 9.17) is 4.74 Å². The van der Waals surface area contributed by atoms with E-state index < -0.39 is 5.60 Å². The highest BCUT2D eigenvalue weighted by Gasteiger charge is 2.28. The van der Waals surface area contributed by atoms with Crippen LogP contribution < -0.4 is 5.32 Å². The van der Waals surface area contributed by atoms with Gasteiger partial charge in [0, 0.05) is 38.4 Å². The van der Waals surface area contributed by atoms with Gasteiger partial charge in [-0.3, -0.25) is 4.68 Å². The molecule has 0 aliphatic carbocycles. The normalized spacial score (nSPS) is 20.4. The van der Waals surface area contributed by atoms with Crippen LogP contribution in [-0.4, -0.2) is 46.0 Å². The van der Waals surface area contributed by atoms with Crippen molar-refractivity contribution in [3.05, 3.63) is 18.0 Å². The van der Waals surface area contributed by atoms with Crippen molar-refractivity contribution in [2.24, 2.45) is 7.05 Å². The van der Waals surface area contributed by atoms with E-state index in [1.807, 2.05) is 40.2 Å². The Kier molecular flexibility index (Phi) is 3.80. The van der Waals surface area contributed by atoms with Crippen molar-refractivity contribution < 1.29 is 9.53 Å². The highest BCUT2D eigenvalue weighted by atomic mass is 16.6. The molecule has 106 valence electrons. The molecule has 0 bridgehead atoms. The van der Waals surface area contributed by atoms with Crippen molar-refractivity contribution in [1.29, 1.82) is 0 Å². The molecule has 1 aromatic heterocycles. The van der Waals surface area contributed by atoms with Crippen molar-refractivity contribution in [3.8, 4) is 0 Å². The van der Waals surface area contributed by atoms with Crippen LogP contribution in [0.2, 0.25) is 0 Å². The fourth-order valence-corrected chi connectivity index (χ4v) is 2.09. The summed E-state index contributed by atoms with van der Waals surface area (Å²) in [4.78, 5) is 13.8.